The maximum atomic E-state index is 6.83. The van der Waals surface area contributed by atoms with Gasteiger partial charge in [-0.3, -0.25) is 0 Å². The molecule has 0 saturated carbocycles. The minimum atomic E-state index is -2.74. The lowest BCUT2D eigenvalue weighted by Crippen LogP contribution is -2.77. The Morgan fingerprint density at radius 1 is 0.531 bits per heavy atom. The van der Waals surface area contributed by atoms with Gasteiger partial charge in [-0.15, -0.1) is 0 Å². The van der Waals surface area contributed by atoms with Crippen LogP contribution in [0.2, 0.25) is 0 Å². The molecule has 232 valence electrons. The number of hydrogen-bond donors (Lipinski definition) is 0. The van der Waals surface area contributed by atoms with Crippen LogP contribution in [0.3, 0.4) is 0 Å². The monoisotopic (exact) mass is 661 g/mol. The van der Waals surface area contributed by atoms with Crippen molar-refractivity contribution in [2.75, 3.05) is 4.90 Å². The van der Waals surface area contributed by atoms with E-state index >= 15 is 0 Å². The van der Waals surface area contributed by atoms with Gasteiger partial charge < -0.3 is 9.64 Å². The van der Waals surface area contributed by atoms with Gasteiger partial charge in [0.05, 0.1) is 5.69 Å². The van der Waals surface area contributed by atoms with Crippen LogP contribution in [0.25, 0.3) is 0 Å². The topological polar surface area (TPSA) is 12.5 Å². The van der Waals surface area contributed by atoms with E-state index in [9.17, 15) is 0 Å². The van der Waals surface area contributed by atoms with Gasteiger partial charge >= 0.3 is 0 Å². The number of anilines is 3. The molecular formula is C44H32BNOSSi. The molecule has 0 atom stereocenters. The van der Waals surface area contributed by atoms with Crippen LogP contribution >= 0.6 is 11.8 Å². The molecule has 0 saturated heterocycles. The van der Waals surface area contributed by atoms with Crippen molar-refractivity contribution < 1.29 is 4.74 Å². The fourth-order valence-corrected chi connectivity index (χ4v) is 15.0. The molecule has 0 spiro atoms. The Hall–Kier alpha value is -5.23. The SMILES string of the molecule is Cc1ccc2c(c1)[Si](c1ccccc1)(c1ccccc1)c1cc(C)ccc1N2c1cc2c3c(c1)Sc1ccccc1B3c1ccccc1O2. The molecule has 3 heterocycles. The van der Waals surface area contributed by atoms with E-state index in [1.165, 1.54) is 69.4 Å². The number of hydrogen-bond acceptors (Lipinski definition) is 3. The molecular weight excluding hydrogens is 629 g/mol. The first-order chi connectivity index (χ1) is 24.1. The van der Waals surface area contributed by atoms with Gasteiger partial charge in [-0.25, -0.2) is 0 Å². The highest BCUT2D eigenvalue weighted by atomic mass is 32.2. The van der Waals surface area contributed by atoms with E-state index in [4.69, 9.17) is 4.74 Å². The zero-order valence-corrected chi connectivity index (χ0v) is 29.2. The Balaban J connectivity index is 1.27. The third-order valence-corrected chi connectivity index (χ3v) is 16.5. The molecule has 49 heavy (non-hydrogen) atoms. The average Bonchev–Trinajstić information content (AvgIpc) is 3.14. The fraction of sp³-hybridized carbons (Fsp3) is 0.0455. The highest BCUT2D eigenvalue weighted by Gasteiger charge is 2.49. The zero-order valence-electron chi connectivity index (χ0n) is 27.4. The Kier molecular flexibility index (Phi) is 6.39. The van der Waals surface area contributed by atoms with Crippen LogP contribution in [0.5, 0.6) is 11.5 Å². The van der Waals surface area contributed by atoms with Crippen molar-refractivity contribution in [3.05, 3.63) is 169 Å². The highest BCUT2D eigenvalue weighted by molar-refractivity contribution is 8.00. The summed E-state index contributed by atoms with van der Waals surface area (Å²) in [6.45, 7) is 4.60. The van der Waals surface area contributed by atoms with Crippen molar-refractivity contribution >= 4 is 80.7 Å². The normalized spacial score (nSPS) is 14.5. The van der Waals surface area contributed by atoms with Gasteiger partial charge in [0.2, 0.25) is 0 Å². The van der Waals surface area contributed by atoms with Gasteiger partial charge in [0.1, 0.15) is 11.5 Å². The third kappa shape index (κ3) is 4.16. The van der Waals surface area contributed by atoms with E-state index in [0.717, 1.165) is 17.2 Å². The van der Waals surface area contributed by atoms with Crippen LogP contribution < -0.4 is 46.8 Å². The third-order valence-electron chi connectivity index (χ3n) is 10.5. The summed E-state index contributed by atoms with van der Waals surface area (Å²) in [5.41, 5.74) is 10.0. The lowest BCUT2D eigenvalue weighted by atomic mass is 9.35. The standard InChI is InChI=1S/C44H32BNOSSi/c1-29-21-23-36-42(25-29)49(32-13-5-3-6-14-32,33-15-7-4-8-16-33)43-26-30(2)22-24-37(43)46(36)31-27-39-44-41(28-31)48-40-20-12-10-18-35(40)45(44)34-17-9-11-19-38(34)47-39/h3-28H,1-2H3. The van der Waals surface area contributed by atoms with Gasteiger partial charge in [0.15, 0.2) is 8.07 Å². The van der Waals surface area contributed by atoms with Gasteiger partial charge in [0.25, 0.3) is 6.71 Å². The number of para-hydroxylation sites is 1. The lowest BCUT2D eigenvalue weighted by Gasteiger charge is -2.45. The van der Waals surface area contributed by atoms with Crippen molar-refractivity contribution in [3.63, 3.8) is 0 Å². The van der Waals surface area contributed by atoms with Crippen molar-refractivity contribution in [2.24, 2.45) is 0 Å². The summed E-state index contributed by atoms with van der Waals surface area (Å²) in [5.74, 6) is 1.89. The molecule has 0 aromatic heterocycles. The van der Waals surface area contributed by atoms with Crippen molar-refractivity contribution in [3.8, 4) is 11.5 Å². The molecule has 0 radical (unpaired) electrons. The van der Waals surface area contributed by atoms with Crippen LogP contribution in [0.15, 0.2) is 168 Å². The fourth-order valence-electron chi connectivity index (χ4n) is 8.52. The number of nitrogens with zero attached hydrogens (tertiary/aromatic N) is 1. The van der Waals surface area contributed by atoms with Crippen LogP contribution in [-0.2, 0) is 0 Å². The summed E-state index contributed by atoms with van der Waals surface area (Å²) >= 11 is 1.87. The lowest BCUT2D eigenvalue weighted by molar-refractivity contribution is 0.486. The number of fused-ring (bicyclic) bond motifs is 6. The molecule has 7 aromatic carbocycles. The molecule has 2 nitrogen and oxygen atoms in total. The van der Waals surface area contributed by atoms with Crippen LogP contribution in [-0.4, -0.2) is 14.8 Å². The summed E-state index contributed by atoms with van der Waals surface area (Å²) in [4.78, 5) is 5.08. The second kappa shape index (κ2) is 10.9. The number of benzene rings is 7. The minimum absolute atomic E-state index is 0.142. The van der Waals surface area contributed by atoms with E-state index in [0.29, 0.717) is 0 Å². The molecule has 5 heteroatoms. The van der Waals surface area contributed by atoms with Crippen LogP contribution in [0.4, 0.5) is 17.1 Å². The maximum absolute atomic E-state index is 6.83. The number of aryl methyl sites for hydroxylation is 2. The van der Waals surface area contributed by atoms with E-state index < -0.39 is 8.07 Å². The molecule has 0 bridgehead atoms. The molecule has 0 amide bonds. The van der Waals surface area contributed by atoms with E-state index in [1.807, 2.05) is 11.8 Å². The van der Waals surface area contributed by atoms with Gasteiger partial charge in [-0.1, -0.05) is 150 Å². The van der Waals surface area contributed by atoms with Gasteiger partial charge in [-0.05, 0) is 75.9 Å². The van der Waals surface area contributed by atoms with E-state index in [-0.39, 0.29) is 6.71 Å². The highest BCUT2D eigenvalue weighted by Crippen LogP contribution is 2.44. The predicted molar refractivity (Wildman–Crippen MR) is 210 cm³/mol. The largest absolute Gasteiger partial charge is 0.458 e. The Morgan fingerprint density at radius 2 is 1.10 bits per heavy atom. The predicted octanol–water partition coefficient (Wildman–Crippen LogP) is 6.55. The molecule has 7 aromatic rings. The van der Waals surface area contributed by atoms with Gasteiger partial charge in [0, 0.05) is 27.2 Å². The second-order valence-corrected chi connectivity index (χ2v) is 18.2. The summed E-state index contributed by atoms with van der Waals surface area (Å²) < 4.78 is 6.83. The summed E-state index contributed by atoms with van der Waals surface area (Å²) in [5, 5.41) is 5.62. The van der Waals surface area contributed by atoms with E-state index in [2.05, 4.69) is 176 Å². The number of rotatable bonds is 3. The molecule has 0 unspecified atom stereocenters. The second-order valence-electron chi connectivity index (χ2n) is 13.4. The van der Waals surface area contributed by atoms with Crippen LogP contribution in [0, 0.1) is 13.8 Å². The molecule has 3 aliphatic rings. The first kappa shape index (κ1) is 28.8. The minimum Gasteiger partial charge on any atom is -0.458 e. The van der Waals surface area contributed by atoms with Crippen LogP contribution in [0.1, 0.15) is 11.1 Å². The molecule has 0 aliphatic carbocycles. The average molecular weight is 662 g/mol. The van der Waals surface area contributed by atoms with Gasteiger partial charge in [-0.2, -0.15) is 0 Å². The van der Waals surface area contributed by atoms with Crippen molar-refractivity contribution in [1.82, 2.24) is 0 Å². The van der Waals surface area contributed by atoms with Crippen molar-refractivity contribution in [2.45, 2.75) is 23.6 Å². The molecule has 10 rings (SSSR count). The summed E-state index contributed by atoms with van der Waals surface area (Å²) in [6, 6.07) is 58.9. The maximum Gasteiger partial charge on any atom is 0.253 e. The van der Waals surface area contributed by atoms with Crippen molar-refractivity contribution in [1.29, 1.82) is 0 Å². The summed E-state index contributed by atoms with van der Waals surface area (Å²) in [6.07, 6.45) is 0. The first-order valence-electron chi connectivity index (χ1n) is 17.0. The first-order valence-corrected chi connectivity index (χ1v) is 19.8. The quantitative estimate of drug-likeness (QED) is 0.200. The summed E-state index contributed by atoms with van der Waals surface area (Å²) in [7, 11) is -2.74. The number of ether oxygens (including phenoxy) is 1. The molecule has 0 N–H and O–H groups in total. The Bertz CT molecular complexity index is 2280. The molecule has 0 fully saturated rings. The molecule has 3 aliphatic heterocycles. The Labute approximate surface area is 293 Å². The van der Waals surface area contributed by atoms with E-state index in [1.54, 1.807) is 0 Å². The smallest absolute Gasteiger partial charge is 0.253 e. The zero-order chi connectivity index (χ0) is 32.7. The Morgan fingerprint density at radius 3 is 1.76 bits per heavy atom.